The van der Waals surface area contributed by atoms with Gasteiger partial charge in [0.25, 0.3) is 0 Å². The van der Waals surface area contributed by atoms with Crippen LogP contribution in [0.15, 0.2) is 24.3 Å². The Kier molecular flexibility index (Phi) is 4.10. The summed E-state index contributed by atoms with van der Waals surface area (Å²) in [5.41, 5.74) is 1.11. The first-order chi connectivity index (χ1) is 3.31. The predicted octanol–water partition coefficient (Wildman–Crippen LogP) is 2.51. The van der Waals surface area contributed by atoms with E-state index < -0.39 is 0 Å². The molecule has 0 fully saturated rings. The normalized spacial score (nSPS) is 10.0. The summed E-state index contributed by atoms with van der Waals surface area (Å²) in [7, 11) is 0. The maximum atomic E-state index is 3.73. The van der Waals surface area contributed by atoms with Crippen molar-refractivity contribution >= 4 is 15.9 Å². The van der Waals surface area contributed by atoms with Crippen LogP contribution in [0.2, 0.25) is 0 Å². The Morgan fingerprint density at radius 3 is 2.57 bits per heavy atom. The molecule has 0 aliphatic heterocycles. The van der Waals surface area contributed by atoms with Crippen LogP contribution >= 0.6 is 15.9 Å². The number of halogens is 1. The first kappa shape index (κ1) is 6.96. The minimum atomic E-state index is 0.872. The van der Waals surface area contributed by atoms with Crippen LogP contribution in [0.3, 0.4) is 0 Å². The molecular formula is C6H9Br. The summed E-state index contributed by atoms with van der Waals surface area (Å²) < 4.78 is 0. The summed E-state index contributed by atoms with van der Waals surface area (Å²) >= 11 is 3.26. The summed E-state index contributed by atoms with van der Waals surface area (Å²) in [6.45, 7) is 5.71. The van der Waals surface area contributed by atoms with E-state index in [-0.39, 0.29) is 0 Å². The molecule has 0 amide bonds. The van der Waals surface area contributed by atoms with E-state index in [0.29, 0.717) is 0 Å². The molecule has 0 aromatic carbocycles. The fourth-order valence-corrected chi connectivity index (χ4v) is 0.467. The summed E-state index contributed by atoms with van der Waals surface area (Å²) in [5.74, 6) is 0. The van der Waals surface area contributed by atoms with E-state index in [1.165, 1.54) is 0 Å². The fraction of sp³-hybridized carbons (Fsp3) is 0.333. The molecular weight excluding hydrogens is 152 g/mol. The largest absolute Gasteiger partial charge is 0.0950 e. The third kappa shape index (κ3) is 3.80. The monoisotopic (exact) mass is 160 g/mol. The summed E-state index contributed by atoms with van der Waals surface area (Å²) in [5, 5.41) is 0.872. The first-order valence-corrected chi connectivity index (χ1v) is 3.30. The van der Waals surface area contributed by atoms with Gasteiger partial charge in [-0.2, -0.15) is 0 Å². The number of hydrogen-bond donors (Lipinski definition) is 0. The molecule has 0 saturated carbocycles. The molecule has 1 heteroatoms. The van der Waals surface area contributed by atoms with Crippen LogP contribution in [-0.2, 0) is 0 Å². The number of hydrogen-bond acceptors (Lipinski definition) is 0. The molecule has 0 atom stereocenters. The topological polar surface area (TPSA) is 0 Å². The summed E-state index contributed by atoms with van der Waals surface area (Å²) in [4.78, 5) is 0. The van der Waals surface area contributed by atoms with Crippen molar-refractivity contribution in [3.63, 3.8) is 0 Å². The Bertz CT molecular complexity index is 82.2. The highest BCUT2D eigenvalue weighted by Crippen LogP contribution is 1.95. The second-order valence-electron chi connectivity index (χ2n) is 1.29. The van der Waals surface area contributed by atoms with Crippen molar-refractivity contribution in [3.05, 3.63) is 24.3 Å². The highest BCUT2D eigenvalue weighted by molar-refractivity contribution is 9.09. The lowest BCUT2D eigenvalue weighted by atomic mass is 10.3. The minimum absolute atomic E-state index is 0.872. The molecule has 0 radical (unpaired) electrons. The smallest absolute Gasteiger partial charge is 0.0277 e. The molecule has 0 saturated heterocycles. The Hall–Kier alpha value is -0.0400. The van der Waals surface area contributed by atoms with Gasteiger partial charge >= 0.3 is 0 Å². The zero-order chi connectivity index (χ0) is 5.70. The average molecular weight is 161 g/mol. The average Bonchev–Trinajstić information content (AvgIpc) is 1.68. The Morgan fingerprint density at radius 2 is 2.43 bits per heavy atom. The van der Waals surface area contributed by atoms with Crippen molar-refractivity contribution in [2.75, 3.05) is 5.33 Å². The van der Waals surface area contributed by atoms with Gasteiger partial charge in [-0.25, -0.2) is 0 Å². The second kappa shape index (κ2) is 4.13. The van der Waals surface area contributed by atoms with Crippen LogP contribution in [0.4, 0.5) is 0 Å². The van der Waals surface area contributed by atoms with Crippen molar-refractivity contribution in [3.8, 4) is 0 Å². The molecule has 0 heterocycles. The molecule has 0 bridgehead atoms. The quantitative estimate of drug-likeness (QED) is 0.431. The molecule has 0 aromatic rings. The van der Waals surface area contributed by atoms with Gasteiger partial charge < -0.3 is 0 Å². The van der Waals surface area contributed by atoms with Gasteiger partial charge in [-0.15, -0.1) is 0 Å². The highest BCUT2D eigenvalue weighted by atomic mass is 79.9. The van der Waals surface area contributed by atoms with E-state index in [0.717, 1.165) is 10.9 Å². The van der Waals surface area contributed by atoms with Crippen LogP contribution in [0.1, 0.15) is 6.92 Å². The van der Waals surface area contributed by atoms with Crippen LogP contribution in [0.25, 0.3) is 0 Å². The highest BCUT2D eigenvalue weighted by Gasteiger charge is 1.76. The lowest BCUT2D eigenvalue weighted by Gasteiger charge is -1.84. The fourth-order valence-electron chi connectivity index (χ4n) is 0.280. The molecule has 0 nitrogen and oxygen atoms in total. The maximum Gasteiger partial charge on any atom is 0.0277 e. The van der Waals surface area contributed by atoms with Gasteiger partial charge in [0.2, 0.25) is 0 Å². The van der Waals surface area contributed by atoms with E-state index in [4.69, 9.17) is 0 Å². The molecule has 0 aromatic heterocycles. The van der Waals surface area contributed by atoms with Crippen molar-refractivity contribution in [1.29, 1.82) is 0 Å². The zero-order valence-electron chi connectivity index (χ0n) is 4.45. The molecule has 40 valence electrons. The SMILES string of the molecule is C=C(C=CC)CBr. The van der Waals surface area contributed by atoms with Crippen LogP contribution in [-0.4, -0.2) is 5.33 Å². The number of rotatable bonds is 2. The van der Waals surface area contributed by atoms with Gasteiger partial charge in [0.15, 0.2) is 0 Å². The number of allylic oxidation sites excluding steroid dienone is 3. The first-order valence-electron chi connectivity index (χ1n) is 2.17. The van der Waals surface area contributed by atoms with Gasteiger partial charge in [-0.05, 0) is 12.5 Å². The van der Waals surface area contributed by atoms with Crippen molar-refractivity contribution in [1.82, 2.24) is 0 Å². The zero-order valence-corrected chi connectivity index (χ0v) is 6.03. The Morgan fingerprint density at radius 1 is 1.86 bits per heavy atom. The van der Waals surface area contributed by atoms with Crippen molar-refractivity contribution in [2.45, 2.75) is 6.92 Å². The van der Waals surface area contributed by atoms with Crippen molar-refractivity contribution < 1.29 is 0 Å². The Balaban J connectivity index is 3.37. The second-order valence-corrected chi connectivity index (χ2v) is 1.85. The third-order valence-corrected chi connectivity index (χ3v) is 1.29. The van der Waals surface area contributed by atoms with Crippen LogP contribution in [0.5, 0.6) is 0 Å². The maximum absolute atomic E-state index is 3.73. The predicted molar refractivity (Wildman–Crippen MR) is 37.7 cm³/mol. The lowest BCUT2D eigenvalue weighted by Crippen LogP contribution is -1.70. The summed E-state index contributed by atoms with van der Waals surface area (Å²) in [6.07, 6.45) is 3.96. The van der Waals surface area contributed by atoms with Crippen LogP contribution < -0.4 is 0 Å². The van der Waals surface area contributed by atoms with E-state index >= 15 is 0 Å². The van der Waals surface area contributed by atoms with Gasteiger partial charge in [0.05, 0.1) is 0 Å². The van der Waals surface area contributed by atoms with Gasteiger partial charge in [0, 0.05) is 5.33 Å². The molecule has 0 rings (SSSR count). The molecule has 0 aliphatic rings. The van der Waals surface area contributed by atoms with E-state index in [2.05, 4.69) is 22.5 Å². The van der Waals surface area contributed by atoms with Gasteiger partial charge in [-0.3, -0.25) is 0 Å². The van der Waals surface area contributed by atoms with Gasteiger partial charge in [-0.1, -0.05) is 34.7 Å². The van der Waals surface area contributed by atoms with Gasteiger partial charge in [0.1, 0.15) is 0 Å². The third-order valence-electron chi connectivity index (χ3n) is 0.574. The van der Waals surface area contributed by atoms with E-state index in [1.54, 1.807) is 0 Å². The molecule has 7 heavy (non-hydrogen) atoms. The molecule has 0 aliphatic carbocycles. The lowest BCUT2D eigenvalue weighted by molar-refractivity contribution is 1.57. The Labute approximate surface area is 53.1 Å². The van der Waals surface area contributed by atoms with E-state index in [1.807, 2.05) is 19.1 Å². The standard InChI is InChI=1S/C6H9Br/c1-3-4-6(2)5-7/h3-4H,2,5H2,1H3. The van der Waals surface area contributed by atoms with E-state index in [9.17, 15) is 0 Å². The minimum Gasteiger partial charge on any atom is -0.0950 e. The van der Waals surface area contributed by atoms with Crippen LogP contribution in [0, 0.1) is 0 Å². The van der Waals surface area contributed by atoms with Crippen molar-refractivity contribution in [2.24, 2.45) is 0 Å². The molecule has 0 N–H and O–H groups in total. The molecule has 0 spiro atoms. The summed E-state index contributed by atoms with van der Waals surface area (Å²) in [6, 6.07) is 0. The number of alkyl halides is 1. The molecule has 0 unspecified atom stereocenters.